The van der Waals surface area contributed by atoms with Gasteiger partial charge < -0.3 is 9.47 Å². The van der Waals surface area contributed by atoms with Crippen LogP contribution in [0.5, 0.6) is 11.5 Å². The fourth-order valence-corrected chi connectivity index (χ4v) is 15.6. The molecule has 11 rings (SSSR count). The van der Waals surface area contributed by atoms with Gasteiger partial charge in [-0.2, -0.15) is 0 Å². The van der Waals surface area contributed by atoms with Crippen LogP contribution in [-0.4, -0.2) is 45.9 Å². The van der Waals surface area contributed by atoms with Gasteiger partial charge in [-0.3, -0.25) is 0 Å². The van der Waals surface area contributed by atoms with Crippen molar-refractivity contribution in [2.24, 2.45) is 0 Å². The molecule has 4 aliphatic rings. The molecule has 1 saturated carbocycles. The second-order valence-electron chi connectivity index (χ2n) is 18.0. The predicted octanol–water partition coefficient (Wildman–Crippen LogP) is 12.0. The van der Waals surface area contributed by atoms with Gasteiger partial charge in [-0.25, -0.2) is 0 Å². The van der Waals surface area contributed by atoms with Crippen LogP contribution in [0.3, 0.4) is 0 Å². The Bertz CT molecular complexity index is 2810. The van der Waals surface area contributed by atoms with E-state index in [0.29, 0.717) is 0 Å². The highest BCUT2D eigenvalue weighted by Crippen LogP contribution is 2.56. The average Bonchev–Trinajstić information content (AvgIpc) is 3.60. The molecule has 0 bridgehead atoms. The third kappa shape index (κ3) is 6.93. The summed E-state index contributed by atoms with van der Waals surface area (Å²) in [5, 5.41) is 4.26. The molecule has 64 heavy (non-hydrogen) atoms. The molecular weight excluding hydrogens is 800 g/mol. The van der Waals surface area contributed by atoms with Crippen LogP contribution in [0.2, 0.25) is 0 Å². The highest BCUT2D eigenvalue weighted by atomic mass is 31.2. The topological polar surface area (TPSA) is 24.5 Å². The Balaban J connectivity index is 0.00000484. The number of hydrogen-bond donors (Lipinski definition) is 0. The lowest BCUT2D eigenvalue weighted by Gasteiger charge is -2.29. The number of ether oxygens (including phenoxy) is 2. The van der Waals surface area contributed by atoms with Crippen molar-refractivity contribution < 1.29 is 18.6 Å². The van der Waals surface area contributed by atoms with Crippen LogP contribution in [0.4, 0.5) is 0 Å². The summed E-state index contributed by atoms with van der Waals surface area (Å²) in [6.07, 6.45) is 13.5. The first-order chi connectivity index (χ1) is 31.0. The standard InChI is InChI=1S/C58H56N2O2P.CH4/c1-4-20-43-21-14-16-29-52(43)45-35-41(2)56-47(37-45)39-59-54-31-18-19-32-55(54)60-40-48-38-46(36-42(3)57(48)62-58(59,60)61-56)53-30-17-15-22-44(53)33-34-63(49-23-8-5-9-24-49,50-25-10-6-11-26-50)51-27-12-7-13-28-51;/h5-17,21-30,35-40,54-55H,4,18-20,31-34H2,1-3H3;1H4/q+3;. The van der Waals surface area contributed by atoms with Gasteiger partial charge in [0.2, 0.25) is 12.1 Å². The Labute approximate surface area is 380 Å². The van der Waals surface area contributed by atoms with E-state index in [9.17, 15) is 0 Å². The van der Waals surface area contributed by atoms with E-state index in [4.69, 9.17) is 9.47 Å². The molecule has 2 fully saturated rings. The van der Waals surface area contributed by atoms with E-state index >= 15 is 0 Å². The average molecular weight is 860 g/mol. The van der Waals surface area contributed by atoms with Gasteiger partial charge in [-0.15, -0.1) is 0 Å². The van der Waals surface area contributed by atoms with Gasteiger partial charge in [0.15, 0.2) is 23.9 Å². The third-order valence-corrected chi connectivity index (χ3v) is 18.6. The first kappa shape index (κ1) is 41.9. The highest BCUT2D eigenvalue weighted by Gasteiger charge is 2.76. The molecule has 0 radical (unpaired) electrons. The molecule has 3 aliphatic heterocycles. The third-order valence-electron chi connectivity index (χ3n) is 14.2. The minimum absolute atomic E-state index is 0. The zero-order valence-corrected chi connectivity index (χ0v) is 37.6. The first-order valence-electron chi connectivity index (χ1n) is 23.1. The molecule has 1 aliphatic carbocycles. The summed E-state index contributed by atoms with van der Waals surface area (Å²) in [4.78, 5) is 0. The Morgan fingerprint density at radius 1 is 0.531 bits per heavy atom. The molecule has 320 valence electrons. The second kappa shape index (κ2) is 17.1. The Morgan fingerprint density at radius 3 is 1.38 bits per heavy atom. The molecule has 4 nitrogen and oxygen atoms in total. The maximum atomic E-state index is 7.38. The van der Waals surface area contributed by atoms with Gasteiger partial charge in [-0.1, -0.05) is 133 Å². The van der Waals surface area contributed by atoms with E-state index in [1.54, 1.807) is 0 Å². The first-order valence-corrected chi connectivity index (χ1v) is 25.1. The summed E-state index contributed by atoms with van der Waals surface area (Å²) in [5.74, 6) is 1.81. The van der Waals surface area contributed by atoms with Crippen molar-refractivity contribution in [2.45, 2.75) is 91.3 Å². The predicted molar refractivity (Wildman–Crippen MR) is 269 cm³/mol. The van der Waals surface area contributed by atoms with E-state index in [-0.39, 0.29) is 19.5 Å². The largest absolute Gasteiger partial charge is 0.704 e. The second-order valence-corrected chi connectivity index (χ2v) is 21.6. The maximum absolute atomic E-state index is 7.38. The zero-order chi connectivity index (χ0) is 42.5. The van der Waals surface area contributed by atoms with Crippen molar-refractivity contribution in [2.75, 3.05) is 6.16 Å². The molecule has 7 aromatic rings. The molecule has 0 amide bonds. The van der Waals surface area contributed by atoms with E-state index in [1.165, 1.54) is 62.1 Å². The zero-order valence-electron chi connectivity index (χ0n) is 36.7. The Hall–Kier alpha value is -6.09. The van der Waals surface area contributed by atoms with Crippen molar-refractivity contribution in [1.82, 2.24) is 0 Å². The number of nitrogens with zero attached hydrogens (tertiary/aromatic N) is 2. The van der Waals surface area contributed by atoms with Gasteiger partial charge in [0.25, 0.3) is 0 Å². The quantitative estimate of drug-likeness (QED) is 0.101. The van der Waals surface area contributed by atoms with Gasteiger partial charge in [-0.05, 0) is 138 Å². The molecular formula is C59H60N2O2P+3. The summed E-state index contributed by atoms with van der Waals surface area (Å²) in [7, 11) is -2.00. The fourth-order valence-electron chi connectivity index (χ4n) is 11.3. The lowest BCUT2D eigenvalue weighted by molar-refractivity contribution is -0.866. The number of rotatable bonds is 10. The molecule has 0 N–H and O–H groups in total. The van der Waals surface area contributed by atoms with Gasteiger partial charge >= 0.3 is 6.03 Å². The number of aryl methyl sites for hydroxylation is 4. The van der Waals surface area contributed by atoms with Crippen LogP contribution in [0.15, 0.2) is 164 Å². The SMILES string of the molecule is C.CCCc1ccccc1-c1cc(C)c2c(c1)C=[N+]1C3CCCCC3[N+]3=Cc4cc(-c5ccccc5CC[P+](c5ccccc5)(c5ccccc5)c5ccccc5)cc(C)c4OC13O2. The van der Waals surface area contributed by atoms with Crippen LogP contribution in [-0.2, 0) is 12.8 Å². The van der Waals surface area contributed by atoms with Crippen LogP contribution < -0.4 is 25.4 Å². The smallest absolute Gasteiger partial charge is 0.340 e. The number of hydrogen-bond acceptors (Lipinski definition) is 2. The lowest BCUT2D eigenvalue weighted by Crippen LogP contribution is -2.60. The normalized spacial score (nSPS) is 19.2. The van der Waals surface area contributed by atoms with Crippen LogP contribution in [0, 0.1) is 13.8 Å². The number of fused-ring (bicyclic) bond motifs is 5. The molecule has 7 aromatic carbocycles. The van der Waals surface area contributed by atoms with Crippen molar-refractivity contribution >= 4 is 35.6 Å². The van der Waals surface area contributed by atoms with Crippen molar-refractivity contribution in [1.29, 1.82) is 0 Å². The summed E-state index contributed by atoms with van der Waals surface area (Å²) in [6.45, 7) is 6.66. The van der Waals surface area contributed by atoms with Gasteiger partial charge in [0.05, 0.1) is 17.3 Å². The van der Waals surface area contributed by atoms with Crippen molar-refractivity contribution in [3.63, 3.8) is 0 Å². The summed E-state index contributed by atoms with van der Waals surface area (Å²) < 4.78 is 19.6. The Kier molecular flexibility index (Phi) is 11.2. The van der Waals surface area contributed by atoms with E-state index in [1.807, 2.05) is 0 Å². The highest BCUT2D eigenvalue weighted by molar-refractivity contribution is 7.95. The molecule has 0 aromatic heterocycles. The molecule has 3 heterocycles. The monoisotopic (exact) mass is 859 g/mol. The van der Waals surface area contributed by atoms with Crippen LogP contribution in [0.1, 0.15) is 79.8 Å². The summed E-state index contributed by atoms with van der Waals surface area (Å²) in [6, 6.07) is 60.6. The Morgan fingerprint density at radius 2 is 0.938 bits per heavy atom. The molecule has 3 atom stereocenters. The summed E-state index contributed by atoms with van der Waals surface area (Å²) >= 11 is 0. The van der Waals surface area contributed by atoms with Gasteiger partial charge in [0.1, 0.15) is 23.2 Å². The van der Waals surface area contributed by atoms with Crippen molar-refractivity contribution in [3.8, 4) is 33.8 Å². The van der Waals surface area contributed by atoms with Crippen LogP contribution in [0.25, 0.3) is 22.3 Å². The molecule has 5 heteroatoms. The van der Waals surface area contributed by atoms with Crippen LogP contribution >= 0.6 is 7.26 Å². The maximum Gasteiger partial charge on any atom is 0.704 e. The lowest BCUT2D eigenvalue weighted by atomic mass is 9.90. The van der Waals surface area contributed by atoms with E-state index in [2.05, 4.69) is 206 Å². The molecule has 1 spiro atoms. The van der Waals surface area contributed by atoms with Gasteiger partial charge in [0, 0.05) is 19.3 Å². The van der Waals surface area contributed by atoms with E-state index in [0.717, 1.165) is 72.0 Å². The minimum Gasteiger partial charge on any atom is -0.340 e. The van der Waals surface area contributed by atoms with Crippen molar-refractivity contribution in [3.05, 3.63) is 197 Å². The minimum atomic E-state index is -2.00. The summed E-state index contributed by atoms with van der Waals surface area (Å²) in [5.41, 5.74) is 12.3. The molecule has 3 unspecified atom stereocenters. The molecule has 1 saturated heterocycles. The number of benzene rings is 7. The fraction of sp³-hybridized carbons (Fsp3) is 0.254. The van der Waals surface area contributed by atoms with E-state index < -0.39 is 13.3 Å².